The van der Waals surface area contributed by atoms with Crippen molar-refractivity contribution >= 4 is 45.7 Å². The van der Waals surface area contributed by atoms with Crippen molar-refractivity contribution in [2.45, 2.75) is 12.8 Å². The summed E-state index contributed by atoms with van der Waals surface area (Å²) < 4.78 is 5.89. The topological polar surface area (TPSA) is 107 Å². The molecule has 0 atom stereocenters. The maximum atomic E-state index is 12.9. The van der Waals surface area contributed by atoms with E-state index in [1.165, 1.54) is 16.2 Å². The summed E-state index contributed by atoms with van der Waals surface area (Å²) in [5, 5.41) is 18.1. The highest BCUT2D eigenvalue weighted by Gasteiger charge is 2.19. The molecule has 0 aliphatic heterocycles. The molecule has 0 saturated heterocycles. The molecule has 31 heavy (non-hydrogen) atoms. The maximum absolute atomic E-state index is 12.9. The second-order valence-corrected chi connectivity index (χ2v) is 8.16. The summed E-state index contributed by atoms with van der Waals surface area (Å²) >= 11 is 7.38. The molecule has 2 aromatic heterocycles. The van der Waals surface area contributed by atoms with Crippen LogP contribution >= 0.6 is 22.9 Å². The van der Waals surface area contributed by atoms with Crippen molar-refractivity contribution in [3.05, 3.63) is 52.4 Å². The van der Waals surface area contributed by atoms with Crippen LogP contribution < -0.4 is 0 Å². The molecule has 9 heteroatoms. The number of ether oxygens (including phenoxy) is 1. The smallest absolute Gasteiger partial charge is 0.339 e. The fraction of sp³-hybridized carbons (Fsp3) is 0.227. The number of esters is 1. The van der Waals surface area contributed by atoms with Crippen molar-refractivity contribution in [1.29, 1.82) is 10.5 Å². The number of amides is 1. The molecule has 3 aromatic rings. The van der Waals surface area contributed by atoms with Crippen molar-refractivity contribution < 1.29 is 14.3 Å². The van der Waals surface area contributed by atoms with Gasteiger partial charge in [-0.1, -0.05) is 29.8 Å². The Morgan fingerprint density at radius 1 is 1.10 bits per heavy atom. The lowest BCUT2D eigenvalue weighted by molar-refractivity contribution is -0.134. The zero-order valence-electron chi connectivity index (χ0n) is 16.4. The van der Waals surface area contributed by atoms with E-state index < -0.39 is 18.5 Å². The summed E-state index contributed by atoms with van der Waals surface area (Å²) in [6.45, 7) is -0.126. The number of rotatable bonds is 8. The van der Waals surface area contributed by atoms with Crippen molar-refractivity contribution in [1.82, 2.24) is 9.88 Å². The number of benzene rings is 1. The number of carbonyl (C=O) groups excluding carboxylic acids is 2. The summed E-state index contributed by atoms with van der Waals surface area (Å²) in [4.78, 5) is 32.1. The minimum absolute atomic E-state index is 0.132. The highest BCUT2D eigenvalue weighted by molar-refractivity contribution is 7.19. The third-order valence-electron chi connectivity index (χ3n) is 4.43. The Morgan fingerprint density at radius 2 is 1.81 bits per heavy atom. The van der Waals surface area contributed by atoms with Gasteiger partial charge in [0.1, 0.15) is 0 Å². The van der Waals surface area contributed by atoms with E-state index in [1.807, 2.05) is 24.3 Å². The number of nitrogens with zero attached hydrogens (tertiary/aromatic N) is 4. The van der Waals surface area contributed by atoms with Gasteiger partial charge < -0.3 is 9.64 Å². The molecule has 2 heterocycles. The van der Waals surface area contributed by atoms with Crippen LogP contribution in [0.15, 0.2) is 42.5 Å². The highest BCUT2D eigenvalue weighted by Crippen LogP contribution is 2.32. The lowest BCUT2D eigenvalue weighted by atomic mass is 10.1. The predicted molar refractivity (Wildman–Crippen MR) is 117 cm³/mol. The second kappa shape index (κ2) is 10.5. The summed E-state index contributed by atoms with van der Waals surface area (Å²) in [7, 11) is 0. The largest absolute Gasteiger partial charge is 0.452 e. The Bertz CT molecular complexity index is 1180. The summed E-state index contributed by atoms with van der Waals surface area (Å²) in [6, 6.07) is 16.3. The van der Waals surface area contributed by atoms with Gasteiger partial charge in [0.15, 0.2) is 6.61 Å². The van der Waals surface area contributed by atoms with Crippen molar-refractivity contribution in [3.8, 4) is 22.7 Å². The normalized spacial score (nSPS) is 10.3. The van der Waals surface area contributed by atoms with Crippen LogP contribution in [-0.2, 0) is 9.53 Å². The zero-order chi connectivity index (χ0) is 22.2. The minimum atomic E-state index is -0.656. The lowest BCUT2D eigenvalue weighted by Crippen LogP contribution is -2.36. The molecule has 0 saturated carbocycles. The van der Waals surface area contributed by atoms with E-state index >= 15 is 0 Å². The number of halogens is 1. The number of thiophene rings is 1. The average molecular weight is 453 g/mol. The van der Waals surface area contributed by atoms with Gasteiger partial charge in [-0.05, 0) is 24.3 Å². The molecular weight excluding hydrogens is 436 g/mol. The van der Waals surface area contributed by atoms with Crippen LogP contribution in [0.4, 0.5) is 0 Å². The Hall–Kier alpha value is -3.46. The first-order valence-corrected chi connectivity index (χ1v) is 10.6. The van der Waals surface area contributed by atoms with Crippen LogP contribution in [0.25, 0.3) is 21.5 Å². The summed E-state index contributed by atoms with van der Waals surface area (Å²) in [5.41, 5.74) is 1.49. The van der Waals surface area contributed by atoms with Gasteiger partial charge in [0, 0.05) is 18.5 Å². The van der Waals surface area contributed by atoms with Gasteiger partial charge in [-0.15, -0.1) is 11.3 Å². The first kappa shape index (κ1) is 22.2. The monoisotopic (exact) mass is 452 g/mol. The maximum Gasteiger partial charge on any atom is 0.339 e. The van der Waals surface area contributed by atoms with Gasteiger partial charge in [0.25, 0.3) is 5.91 Å². The van der Waals surface area contributed by atoms with Gasteiger partial charge in [0.2, 0.25) is 0 Å². The summed E-state index contributed by atoms with van der Waals surface area (Å²) in [5.74, 6) is -1.11. The van der Waals surface area contributed by atoms with E-state index in [4.69, 9.17) is 26.9 Å². The number of nitriles is 2. The average Bonchev–Trinajstić information content (AvgIpc) is 3.23. The van der Waals surface area contributed by atoms with Crippen LogP contribution in [0.5, 0.6) is 0 Å². The van der Waals surface area contributed by atoms with Crippen LogP contribution in [0.3, 0.4) is 0 Å². The molecule has 7 nitrogen and oxygen atoms in total. The Morgan fingerprint density at radius 3 is 2.45 bits per heavy atom. The van der Waals surface area contributed by atoms with Gasteiger partial charge >= 0.3 is 5.97 Å². The quantitative estimate of drug-likeness (QED) is 0.468. The molecule has 0 bridgehead atoms. The Labute approximate surface area is 188 Å². The minimum Gasteiger partial charge on any atom is -0.452 e. The van der Waals surface area contributed by atoms with E-state index in [0.29, 0.717) is 26.5 Å². The summed E-state index contributed by atoms with van der Waals surface area (Å²) in [6.07, 6.45) is 0.264. The molecule has 156 valence electrons. The van der Waals surface area contributed by atoms with E-state index in [-0.39, 0.29) is 25.9 Å². The molecular formula is C22H17ClN4O3S. The number of hydrogen-bond donors (Lipinski definition) is 0. The van der Waals surface area contributed by atoms with Gasteiger partial charge in [0.05, 0.1) is 51.0 Å². The highest BCUT2D eigenvalue weighted by atomic mass is 35.5. The predicted octanol–water partition coefficient (Wildman–Crippen LogP) is 4.43. The third kappa shape index (κ3) is 5.58. The van der Waals surface area contributed by atoms with Crippen molar-refractivity contribution in [2.75, 3.05) is 19.7 Å². The van der Waals surface area contributed by atoms with Crippen LogP contribution in [0, 0.1) is 22.7 Å². The Balaban J connectivity index is 1.82. The van der Waals surface area contributed by atoms with E-state index in [0.717, 1.165) is 4.88 Å². The molecule has 0 aliphatic rings. The number of fused-ring (bicyclic) bond motifs is 1. The molecule has 0 fully saturated rings. The van der Waals surface area contributed by atoms with E-state index in [2.05, 4.69) is 4.98 Å². The SMILES string of the molecule is N#CCCN(CCC#N)C(=O)COC(=O)c1cc(-c2ccc(Cl)s2)nc2ccccc12. The van der Waals surface area contributed by atoms with Crippen LogP contribution in [-0.4, -0.2) is 41.5 Å². The van der Waals surface area contributed by atoms with Crippen LogP contribution in [0.1, 0.15) is 23.2 Å². The molecule has 0 spiro atoms. The number of aromatic nitrogens is 1. The van der Waals surface area contributed by atoms with Crippen molar-refractivity contribution in [3.63, 3.8) is 0 Å². The number of para-hydroxylation sites is 1. The van der Waals surface area contributed by atoms with Crippen molar-refractivity contribution in [2.24, 2.45) is 0 Å². The van der Waals surface area contributed by atoms with E-state index in [1.54, 1.807) is 30.3 Å². The lowest BCUT2D eigenvalue weighted by Gasteiger charge is -2.20. The first-order chi connectivity index (χ1) is 15.0. The van der Waals surface area contributed by atoms with Gasteiger partial charge in [-0.2, -0.15) is 10.5 Å². The number of pyridine rings is 1. The Kier molecular flexibility index (Phi) is 7.55. The number of carbonyl (C=O) groups is 2. The molecule has 3 rings (SSSR count). The zero-order valence-corrected chi connectivity index (χ0v) is 17.9. The molecule has 0 radical (unpaired) electrons. The van der Waals surface area contributed by atoms with Gasteiger partial charge in [-0.3, -0.25) is 4.79 Å². The fourth-order valence-corrected chi connectivity index (χ4v) is 3.95. The fourth-order valence-electron chi connectivity index (χ4n) is 2.95. The first-order valence-electron chi connectivity index (χ1n) is 9.37. The third-order valence-corrected chi connectivity index (χ3v) is 5.68. The molecule has 1 aromatic carbocycles. The molecule has 1 amide bonds. The molecule has 0 N–H and O–H groups in total. The second-order valence-electron chi connectivity index (χ2n) is 6.45. The molecule has 0 unspecified atom stereocenters. The number of hydrogen-bond acceptors (Lipinski definition) is 7. The molecule has 0 aliphatic carbocycles. The standard InChI is InChI=1S/C22H17ClN4O3S/c23-20-8-7-19(31-20)18-13-16(15-5-1-2-6-17(15)26-18)22(29)30-14-21(28)27(11-3-9-24)12-4-10-25/h1-2,5-8,13H,3-4,11-12,14H2. The van der Waals surface area contributed by atoms with E-state index in [9.17, 15) is 9.59 Å². The van der Waals surface area contributed by atoms with Gasteiger partial charge in [-0.25, -0.2) is 9.78 Å². The van der Waals surface area contributed by atoms with Crippen LogP contribution in [0.2, 0.25) is 4.34 Å².